The molecule has 5 heteroatoms. The van der Waals surface area contributed by atoms with E-state index in [0.29, 0.717) is 6.54 Å². The topological polar surface area (TPSA) is 75.8 Å². The van der Waals surface area contributed by atoms with Gasteiger partial charge in [-0.05, 0) is 27.8 Å². The van der Waals surface area contributed by atoms with Crippen molar-refractivity contribution in [3.63, 3.8) is 0 Å². The maximum Gasteiger partial charge on any atom is 0.234 e. The van der Waals surface area contributed by atoms with Crippen LogP contribution in [0.5, 0.6) is 0 Å². The van der Waals surface area contributed by atoms with Gasteiger partial charge in [-0.1, -0.05) is 0 Å². The van der Waals surface area contributed by atoms with Crippen molar-refractivity contribution in [1.29, 1.82) is 0 Å². The van der Waals surface area contributed by atoms with E-state index in [4.69, 9.17) is 10.5 Å². The number of aliphatic hydroxyl groups excluding tert-OH is 1. The number of carbonyl (C=O) groups is 1. The zero-order valence-corrected chi connectivity index (χ0v) is 9.93. The molecule has 0 bridgehead atoms. The first-order valence-electron chi connectivity index (χ1n) is 5.13. The third kappa shape index (κ3) is 6.43. The quantitative estimate of drug-likeness (QED) is 0.608. The second kappa shape index (κ2) is 6.76. The molecule has 0 aromatic rings. The summed E-state index contributed by atoms with van der Waals surface area (Å²) in [5.41, 5.74) is 5.14. The van der Waals surface area contributed by atoms with Gasteiger partial charge >= 0.3 is 0 Å². The predicted molar refractivity (Wildman–Crippen MR) is 58.4 cm³/mol. The molecule has 0 aliphatic rings. The largest absolute Gasteiger partial charge is 0.389 e. The fraction of sp³-hybridized carbons (Fsp3) is 0.900. The molecule has 0 aromatic heterocycles. The van der Waals surface area contributed by atoms with Crippen LogP contribution in [0.1, 0.15) is 20.8 Å². The second-order valence-electron chi connectivity index (χ2n) is 4.05. The van der Waals surface area contributed by atoms with Crippen LogP contribution < -0.4 is 5.73 Å². The van der Waals surface area contributed by atoms with Crippen molar-refractivity contribution in [3.8, 4) is 0 Å². The third-order valence-corrected chi connectivity index (χ3v) is 2.19. The summed E-state index contributed by atoms with van der Waals surface area (Å²) in [6, 6.07) is -0.376. The molecule has 0 fully saturated rings. The molecule has 0 heterocycles. The number of rotatable bonds is 7. The second-order valence-corrected chi connectivity index (χ2v) is 4.05. The highest BCUT2D eigenvalue weighted by molar-refractivity contribution is 5.79. The van der Waals surface area contributed by atoms with Crippen molar-refractivity contribution in [2.75, 3.05) is 20.2 Å². The fourth-order valence-electron chi connectivity index (χ4n) is 1.06. The number of aliphatic hydroxyl groups is 1. The number of nitrogens with zero attached hydrogens (tertiary/aromatic N) is 1. The first-order chi connectivity index (χ1) is 6.84. The van der Waals surface area contributed by atoms with Crippen LogP contribution in [-0.2, 0) is 9.53 Å². The molecule has 2 atom stereocenters. The molecule has 90 valence electrons. The average molecular weight is 218 g/mol. The van der Waals surface area contributed by atoms with Crippen LogP contribution in [0.3, 0.4) is 0 Å². The van der Waals surface area contributed by atoms with Gasteiger partial charge in [0.2, 0.25) is 5.91 Å². The highest BCUT2D eigenvalue weighted by atomic mass is 16.5. The van der Waals surface area contributed by atoms with E-state index < -0.39 is 12.0 Å². The summed E-state index contributed by atoms with van der Waals surface area (Å²) in [6.45, 7) is 6.16. The Hall–Kier alpha value is -0.650. The molecule has 0 spiro atoms. The zero-order valence-electron chi connectivity index (χ0n) is 9.93. The molecule has 0 saturated heterocycles. The summed E-state index contributed by atoms with van der Waals surface area (Å²) < 4.78 is 5.25. The van der Waals surface area contributed by atoms with Crippen molar-refractivity contribution in [3.05, 3.63) is 0 Å². The molecule has 0 rings (SSSR count). The summed E-state index contributed by atoms with van der Waals surface area (Å²) in [6.07, 6.45) is -0.502. The standard InChI is InChI=1S/C10H22N2O3/c1-7(2)15-6-9(13)5-12(4)8(3)10(11)14/h7-9,13H,5-6H2,1-4H3,(H2,11,14)/t8-,9?/m1/s1. The zero-order chi connectivity index (χ0) is 12.0. The Morgan fingerprint density at radius 2 is 2.00 bits per heavy atom. The molecule has 0 radical (unpaired) electrons. The number of nitrogens with two attached hydrogens (primary N) is 1. The van der Waals surface area contributed by atoms with Gasteiger partial charge in [0.15, 0.2) is 0 Å². The van der Waals surface area contributed by atoms with Crippen molar-refractivity contribution < 1.29 is 14.6 Å². The molecule has 0 aliphatic heterocycles. The van der Waals surface area contributed by atoms with Gasteiger partial charge in [0.1, 0.15) is 0 Å². The van der Waals surface area contributed by atoms with E-state index in [0.717, 1.165) is 0 Å². The molecule has 15 heavy (non-hydrogen) atoms. The summed E-state index contributed by atoms with van der Waals surface area (Å²) in [7, 11) is 1.74. The van der Waals surface area contributed by atoms with E-state index in [2.05, 4.69) is 0 Å². The van der Waals surface area contributed by atoms with Crippen LogP contribution in [0.25, 0.3) is 0 Å². The van der Waals surface area contributed by atoms with Gasteiger partial charge in [-0.3, -0.25) is 9.69 Å². The minimum absolute atomic E-state index is 0.0959. The maximum atomic E-state index is 10.9. The lowest BCUT2D eigenvalue weighted by Gasteiger charge is -2.24. The normalized spacial score (nSPS) is 15.7. The predicted octanol–water partition coefficient (Wildman–Crippen LogP) is -0.422. The van der Waals surface area contributed by atoms with Crippen LogP contribution in [0.15, 0.2) is 0 Å². The van der Waals surface area contributed by atoms with Crippen molar-refractivity contribution in [1.82, 2.24) is 4.90 Å². The number of likely N-dealkylation sites (N-methyl/N-ethyl adjacent to an activating group) is 1. The smallest absolute Gasteiger partial charge is 0.234 e. The molecular formula is C10H22N2O3. The Kier molecular flexibility index (Phi) is 6.47. The van der Waals surface area contributed by atoms with Crippen LogP contribution in [0.4, 0.5) is 0 Å². The van der Waals surface area contributed by atoms with Crippen molar-refractivity contribution in [2.45, 2.75) is 39.0 Å². The fourth-order valence-corrected chi connectivity index (χ4v) is 1.06. The van der Waals surface area contributed by atoms with E-state index in [1.165, 1.54) is 0 Å². The van der Waals surface area contributed by atoms with E-state index in [9.17, 15) is 9.90 Å². The van der Waals surface area contributed by atoms with Crippen LogP contribution in [0.2, 0.25) is 0 Å². The van der Waals surface area contributed by atoms with Gasteiger partial charge < -0.3 is 15.6 Å². The highest BCUT2D eigenvalue weighted by Gasteiger charge is 2.17. The van der Waals surface area contributed by atoms with Crippen molar-refractivity contribution in [2.24, 2.45) is 5.73 Å². The monoisotopic (exact) mass is 218 g/mol. The summed E-state index contributed by atoms with van der Waals surface area (Å²) in [5, 5.41) is 9.58. The van der Waals surface area contributed by atoms with Crippen LogP contribution in [0, 0.1) is 0 Å². The Bertz CT molecular complexity index is 197. The van der Waals surface area contributed by atoms with Crippen molar-refractivity contribution >= 4 is 5.91 Å². The lowest BCUT2D eigenvalue weighted by molar-refractivity contribution is -0.122. The third-order valence-electron chi connectivity index (χ3n) is 2.19. The Balaban J connectivity index is 3.85. The first-order valence-corrected chi connectivity index (χ1v) is 5.13. The van der Waals surface area contributed by atoms with Gasteiger partial charge in [0, 0.05) is 6.54 Å². The molecule has 3 N–H and O–H groups in total. The molecule has 0 saturated carbocycles. The van der Waals surface area contributed by atoms with Gasteiger partial charge in [-0.25, -0.2) is 0 Å². The molecule has 1 amide bonds. The maximum absolute atomic E-state index is 10.9. The minimum Gasteiger partial charge on any atom is -0.389 e. The van der Waals surface area contributed by atoms with E-state index >= 15 is 0 Å². The molecule has 0 aliphatic carbocycles. The first kappa shape index (κ1) is 14.3. The number of hydrogen-bond donors (Lipinski definition) is 2. The van der Waals surface area contributed by atoms with E-state index in [1.54, 1.807) is 18.9 Å². The molecule has 5 nitrogen and oxygen atoms in total. The van der Waals surface area contributed by atoms with E-state index in [1.807, 2.05) is 13.8 Å². The summed E-state index contributed by atoms with van der Waals surface area (Å²) >= 11 is 0. The SMILES string of the molecule is CC(C)OCC(O)CN(C)[C@H](C)C(N)=O. The van der Waals surface area contributed by atoms with Gasteiger partial charge in [-0.2, -0.15) is 0 Å². The number of hydrogen-bond acceptors (Lipinski definition) is 4. The highest BCUT2D eigenvalue weighted by Crippen LogP contribution is 1.98. The van der Waals surface area contributed by atoms with Gasteiger partial charge in [0.05, 0.1) is 24.9 Å². The lowest BCUT2D eigenvalue weighted by Crippen LogP contribution is -2.44. The Morgan fingerprint density at radius 3 is 2.40 bits per heavy atom. The molecular weight excluding hydrogens is 196 g/mol. The van der Waals surface area contributed by atoms with Gasteiger partial charge in [-0.15, -0.1) is 0 Å². The number of carbonyl (C=O) groups excluding carboxylic acids is 1. The molecule has 0 aromatic carbocycles. The Morgan fingerprint density at radius 1 is 1.47 bits per heavy atom. The number of amides is 1. The van der Waals surface area contributed by atoms with Crippen LogP contribution >= 0.6 is 0 Å². The lowest BCUT2D eigenvalue weighted by atomic mass is 10.2. The summed E-state index contributed by atoms with van der Waals surface area (Å²) in [4.78, 5) is 12.6. The number of ether oxygens (including phenoxy) is 1. The average Bonchev–Trinajstić information content (AvgIpc) is 2.13. The van der Waals surface area contributed by atoms with Gasteiger partial charge in [0.25, 0.3) is 0 Å². The summed E-state index contributed by atoms with van der Waals surface area (Å²) in [5.74, 6) is -0.394. The van der Waals surface area contributed by atoms with Crippen LogP contribution in [-0.4, -0.2) is 54.4 Å². The minimum atomic E-state index is -0.598. The molecule has 1 unspecified atom stereocenters. The van der Waals surface area contributed by atoms with E-state index in [-0.39, 0.29) is 18.8 Å². The number of primary amides is 1. The Labute approximate surface area is 91.2 Å².